The Balaban J connectivity index is 3.57. The van der Waals surface area contributed by atoms with Gasteiger partial charge in [-0.25, -0.2) is 0 Å². The van der Waals surface area contributed by atoms with Gasteiger partial charge in [0.1, 0.15) is 0 Å². The van der Waals surface area contributed by atoms with E-state index < -0.39 is 18.2 Å². The third-order valence-electron chi connectivity index (χ3n) is 11.7. The van der Waals surface area contributed by atoms with Crippen LogP contribution in [0.25, 0.3) is 0 Å². The molecule has 0 aromatic rings. The largest absolute Gasteiger partial charge is 0.394 e. The smallest absolute Gasteiger partial charge is 0.222 e. The van der Waals surface area contributed by atoms with Crippen LogP contribution in [0.2, 0.25) is 0 Å². The number of allylic oxidation sites excluding steroid dienone is 3. The van der Waals surface area contributed by atoms with Crippen LogP contribution in [0.15, 0.2) is 24.3 Å². The molecule has 3 atom stereocenters. The Hall–Kier alpha value is -1.17. The number of rotatable bonds is 46. The molecule has 0 rings (SSSR count). The molecule has 0 saturated heterocycles. The molecule has 3 unspecified atom stereocenters. The van der Waals surface area contributed by atoms with Crippen LogP contribution in [0.4, 0.5) is 0 Å². The van der Waals surface area contributed by atoms with Crippen LogP contribution in [-0.4, -0.2) is 46.1 Å². The monoisotopic (exact) mass is 790 g/mol. The molecule has 0 fully saturated rings. The van der Waals surface area contributed by atoms with Crippen LogP contribution < -0.4 is 5.32 Å². The first-order valence-corrected chi connectivity index (χ1v) is 25.1. The van der Waals surface area contributed by atoms with Crippen LogP contribution in [-0.2, 0) is 4.79 Å². The zero-order valence-corrected chi connectivity index (χ0v) is 37.8. The van der Waals surface area contributed by atoms with Crippen molar-refractivity contribution in [3.63, 3.8) is 0 Å². The van der Waals surface area contributed by atoms with Gasteiger partial charge in [-0.1, -0.05) is 256 Å². The van der Waals surface area contributed by atoms with Gasteiger partial charge in [0.05, 0.1) is 31.3 Å². The quantitative estimate of drug-likeness (QED) is 0.0365. The second-order valence-corrected chi connectivity index (χ2v) is 17.4. The highest BCUT2D eigenvalue weighted by Crippen LogP contribution is 2.17. The number of carbonyl (C=O) groups is 1. The maximum Gasteiger partial charge on any atom is 0.222 e. The Labute approximate surface area is 350 Å². The third-order valence-corrected chi connectivity index (χ3v) is 11.7. The zero-order chi connectivity index (χ0) is 40.8. The summed E-state index contributed by atoms with van der Waals surface area (Å²) in [6, 6.07) is -0.757. The highest BCUT2D eigenvalue weighted by Gasteiger charge is 2.20. The molecule has 56 heavy (non-hydrogen) atoms. The molecule has 0 heterocycles. The number of carbonyl (C=O) groups excluding carboxylic acids is 1. The van der Waals surface area contributed by atoms with Crippen LogP contribution in [0.5, 0.6) is 0 Å². The minimum absolute atomic E-state index is 0.0100. The molecule has 0 spiro atoms. The average molecular weight is 790 g/mol. The number of nitrogens with one attached hydrogen (secondary N) is 1. The Morgan fingerprint density at radius 2 is 0.768 bits per heavy atom. The predicted molar refractivity (Wildman–Crippen MR) is 245 cm³/mol. The molecular weight excluding hydrogens is 691 g/mol. The second kappa shape index (κ2) is 46.5. The molecular formula is C51H99NO4. The highest BCUT2D eigenvalue weighted by molar-refractivity contribution is 5.76. The summed E-state index contributed by atoms with van der Waals surface area (Å²) in [5.74, 6) is -0.321. The molecule has 1 amide bonds. The lowest BCUT2D eigenvalue weighted by atomic mass is 10.0. The molecule has 332 valence electrons. The summed E-state index contributed by atoms with van der Waals surface area (Å²) in [5.41, 5.74) is 0. The van der Waals surface area contributed by atoms with Crippen molar-refractivity contribution in [3.05, 3.63) is 24.3 Å². The molecule has 5 nitrogen and oxygen atoms in total. The lowest BCUT2D eigenvalue weighted by Crippen LogP contribution is -2.45. The first-order valence-electron chi connectivity index (χ1n) is 25.1. The third kappa shape index (κ3) is 42.4. The first-order chi connectivity index (χ1) is 27.5. The lowest BCUT2D eigenvalue weighted by Gasteiger charge is -2.21. The number of unbranched alkanes of at least 4 members (excludes halogenated alkanes) is 35. The summed E-state index contributed by atoms with van der Waals surface area (Å²) in [6.07, 6.45) is 57.8. The second-order valence-electron chi connectivity index (χ2n) is 17.4. The van der Waals surface area contributed by atoms with Gasteiger partial charge in [0.15, 0.2) is 0 Å². The molecule has 0 saturated carbocycles. The van der Waals surface area contributed by atoms with Gasteiger partial charge in [0, 0.05) is 0 Å². The van der Waals surface area contributed by atoms with E-state index in [-0.39, 0.29) is 18.9 Å². The Bertz CT molecular complexity index is 829. The molecule has 0 radical (unpaired) electrons. The van der Waals surface area contributed by atoms with E-state index in [1.54, 1.807) is 6.08 Å². The van der Waals surface area contributed by atoms with E-state index in [1.807, 2.05) is 6.08 Å². The number of aliphatic hydroxyl groups is 3. The van der Waals surface area contributed by atoms with Crippen LogP contribution in [0.1, 0.15) is 271 Å². The van der Waals surface area contributed by atoms with Crippen molar-refractivity contribution < 1.29 is 20.1 Å². The van der Waals surface area contributed by atoms with Gasteiger partial charge in [0.25, 0.3) is 0 Å². The first kappa shape index (κ1) is 54.8. The molecule has 0 aliphatic carbocycles. The van der Waals surface area contributed by atoms with Crippen molar-refractivity contribution in [1.82, 2.24) is 5.32 Å². The van der Waals surface area contributed by atoms with Crippen LogP contribution in [0, 0.1) is 0 Å². The van der Waals surface area contributed by atoms with Crippen molar-refractivity contribution in [2.45, 2.75) is 289 Å². The number of hydrogen-bond acceptors (Lipinski definition) is 4. The Morgan fingerprint density at radius 3 is 1.14 bits per heavy atom. The molecule has 0 aromatic heterocycles. The summed E-state index contributed by atoms with van der Waals surface area (Å²) in [5, 5.41) is 33.3. The summed E-state index contributed by atoms with van der Waals surface area (Å²) in [6.45, 7) is 4.22. The van der Waals surface area contributed by atoms with E-state index >= 15 is 0 Å². The Morgan fingerprint density at radius 1 is 0.446 bits per heavy atom. The van der Waals surface area contributed by atoms with E-state index in [0.29, 0.717) is 6.42 Å². The minimum atomic E-state index is -0.948. The highest BCUT2D eigenvalue weighted by atomic mass is 16.3. The van der Waals surface area contributed by atoms with E-state index in [4.69, 9.17) is 0 Å². The maximum atomic E-state index is 12.5. The van der Waals surface area contributed by atoms with Crippen molar-refractivity contribution in [1.29, 1.82) is 0 Å². The van der Waals surface area contributed by atoms with Crippen molar-refractivity contribution in [2.75, 3.05) is 6.61 Å². The standard InChI is InChI=1S/C51H99NO4/c1-3-5-7-9-11-13-15-17-19-20-21-22-23-24-25-26-27-28-29-31-32-34-36-38-40-42-44-48(54)46-51(56)52-49(47-53)50(55)45-43-41-39-37-35-33-30-18-16-14-12-10-8-6-4-2/h35,37,43,45,48-50,53-55H,3-34,36,38-42,44,46-47H2,1-2H3,(H,52,56)/b37-35+,45-43+. The summed E-state index contributed by atoms with van der Waals surface area (Å²) < 4.78 is 0. The molecule has 0 aromatic carbocycles. The number of amides is 1. The van der Waals surface area contributed by atoms with Gasteiger partial charge in [-0.15, -0.1) is 0 Å². The van der Waals surface area contributed by atoms with E-state index in [0.717, 1.165) is 32.1 Å². The summed E-state index contributed by atoms with van der Waals surface area (Å²) >= 11 is 0. The van der Waals surface area contributed by atoms with Gasteiger partial charge in [-0.3, -0.25) is 4.79 Å². The van der Waals surface area contributed by atoms with E-state index in [2.05, 4.69) is 31.3 Å². The average Bonchev–Trinajstić information content (AvgIpc) is 3.19. The lowest BCUT2D eigenvalue weighted by molar-refractivity contribution is -0.124. The van der Waals surface area contributed by atoms with Gasteiger partial charge >= 0.3 is 0 Å². The SMILES string of the molecule is CCCCCCCCCCC/C=C/CC/C=C/C(O)C(CO)NC(=O)CC(O)CCCCCCCCCCCCCCCCCCCCCCCCCCCC. The fourth-order valence-corrected chi connectivity index (χ4v) is 7.89. The predicted octanol–water partition coefficient (Wildman–Crippen LogP) is 14.9. The zero-order valence-electron chi connectivity index (χ0n) is 37.8. The molecule has 0 aliphatic rings. The molecule has 0 bridgehead atoms. The fraction of sp³-hybridized carbons (Fsp3) is 0.902. The Kier molecular flexibility index (Phi) is 45.5. The van der Waals surface area contributed by atoms with Crippen molar-refractivity contribution in [2.24, 2.45) is 0 Å². The van der Waals surface area contributed by atoms with E-state index in [9.17, 15) is 20.1 Å². The van der Waals surface area contributed by atoms with Gasteiger partial charge in [-0.2, -0.15) is 0 Å². The van der Waals surface area contributed by atoms with Gasteiger partial charge in [-0.05, 0) is 32.1 Å². The van der Waals surface area contributed by atoms with Gasteiger partial charge in [0.2, 0.25) is 5.91 Å². The minimum Gasteiger partial charge on any atom is -0.394 e. The number of hydrogen-bond donors (Lipinski definition) is 4. The summed E-state index contributed by atoms with van der Waals surface area (Å²) in [4.78, 5) is 12.5. The molecule has 0 aliphatic heterocycles. The van der Waals surface area contributed by atoms with Crippen molar-refractivity contribution >= 4 is 5.91 Å². The normalized spacial score (nSPS) is 13.6. The molecule has 5 heteroatoms. The topological polar surface area (TPSA) is 89.8 Å². The van der Waals surface area contributed by atoms with Crippen molar-refractivity contribution in [3.8, 4) is 0 Å². The summed E-state index contributed by atoms with van der Waals surface area (Å²) in [7, 11) is 0. The fourth-order valence-electron chi connectivity index (χ4n) is 7.89. The number of aliphatic hydroxyl groups excluding tert-OH is 3. The van der Waals surface area contributed by atoms with Crippen LogP contribution in [0.3, 0.4) is 0 Å². The van der Waals surface area contributed by atoms with Crippen LogP contribution >= 0.6 is 0 Å². The van der Waals surface area contributed by atoms with E-state index in [1.165, 1.54) is 212 Å². The maximum absolute atomic E-state index is 12.5. The molecule has 4 N–H and O–H groups in total. The van der Waals surface area contributed by atoms with Gasteiger partial charge < -0.3 is 20.6 Å².